The van der Waals surface area contributed by atoms with Crippen molar-refractivity contribution in [2.24, 2.45) is 0 Å². The quantitative estimate of drug-likeness (QED) is 0.930. The standard InChI is InChI=1S/C19H19NO5/c1-12(13-2-4-15-17(10-13)24-8-6-22-15)20-19(21)14-3-5-16-18(11-14)25-9-7-23-16/h2-5,10-12H,6-9H2,1H3,(H,20,21)/t12-/m0/s1. The zero-order valence-corrected chi connectivity index (χ0v) is 13.9. The third-order valence-corrected chi connectivity index (χ3v) is 4.22. The minimum Gasteiger partial charge on any atom is -0.486 e. The molecule has 6 heteroatoms. The average Bonchev–Trinajstić information content (AvgIpc) is 2.67. The molecule has 130 valence electrons. The predicted molar refractivity (Wildman–Crippen MR) is 90.7 cm³/mol. The number of rotatable bonds is 3. The van der Waals surface area contributed by atoms with Crippen molar-refractivity contribution in [3.63, 3.8) is 0 Å². The molecular weight excluding hydrogens is 322 g/mol. The van der Waals surface area contributed by atoms with Crippen molar-refractivity contribution in [1.29, 1.82) is 0 Å². The highest BCUT2D eigenvalue weighted by Gasteiger charge is 2.18. The maximum Gasteiger partial charge on any atom is 0.251 e. The second kappa shape index (κ2) is 6.55. The van der Waals surface area contributed by atoms with Crippen molar-refractivity contribution < 1.29 is 23.7 Å². The van der Waals surface area contributed by atoms with Gasteiger partial charge in [-0.1, -0.05) is 6.07 Å². The largest absolute Gasteiger partial charge is 0.486 e. The van der Waals surface area contributed by atoms with Crippen molar-refractivity contribution in [2.45, 2.75) is 13.0 Å². The van der Waals surface area contributed by atoms with Crippen LogP contribution in [-0.2, 0) is 0 Å². The molecule has 4 rings (SSSR count). The number of amides is 1. The number of fused-ring (bicyclic) bond motifs is 2. The Bertz CT molecular complexity index is 804. The van der Waals surface area contributed by atoms with Gasteiger partial charge in [0.05, 0.1) is 6.04 Å². The van der Waals surface area contributed by atoms with Crippen LogP contribution in [0, 0.1) is 0 Å². The summed E-state index contributed by atoms with van der Waals surface area (Å²) in [6.07, 6.45) is 0. The monoisotopic (exact) mass is 341 g/mol. The van der Waals surface area contributed by atoms with Crippen LogP contribution in [0.25, 0.3) is 0 Å². The van der Waals surface area contributed by atoms with E-state index < -0.39 is 0 Å². The molecule has 0 fully saturated rings. The molecule has 0 spiro atoms. The highest BCUT2D eigenvalue weighted by atomic mass is 16.6. The van der Waals surface area contributed by atoms with Gasteiger partial charge in [-0.25, -0.2) is 0 Å². The molecule has 0 radical (unpaired) electrons. The van der Waals surface area contributed by atoms with Crippen molar-refractivity contribution in [1.82, 2.24) is 5.32 Å². The van der Waals surface area contributed by atoms with Crippen LogP contribution in [0.2, 0.25) is 0 Å². The van der Waals surface area contributed by atoms with Gasteiger partial charge in [-0.3, -0.25) is 4.79 Å². The van der Waals surface area contributed by atoms with Crippen molar-refractivity contribution >= 4 is 5.91 Å². The molecule has 1 atom stereocenters. The molecule has 2 aromatic carbocycles. The number of benzene rings is 2. The fourth-order valence-electron chi connectivity index (χ4n) is 2.88. The van der Waals surface area contributed by atoms with E-state index in [-0.39, 0.29) is 11.9 Å². The van der Waals surface area contributed by atoms with Crippen molar-refractivity contribution in [3.05, 3.63) is 47.5 Å². The van der Waals surface area contributed by atoms with Gasteiger partial charge in [0.1, 0.15) is 26.4 Å². The fourth-order valence-corrected chi connectivity index (χ4v) is 2.88. The first-order chi connectivity index (χ1) is 12.2. The predicted octanol–water partition coefficient (Wildman–Crippen LogP) is 2.72. The lowest BCUT2D eigenvalue weighted by Crippen LogP contribution is -2.27. The van der Waals surface area contributed by atoms with Gasteiger partial charge in [0.2, 0.25) is 0 Å². The van der Waals surface area contributed by atoms with Crippen LogP contribution in [0.4, 0.5) is 0 Å². The molecule has 6 nitrogen and oxygen atoms in total. The van der Waals surface area contributed by atoms with E-state index in [2.05, 4.69) is 5.32 Å². The van der Waals surface area contributed by atoms with Gasteiger partial charge in [-0.05, 0) is 42.8 Å². The van der Waals surface area contributed by atoms with Crippen LogP contribution in [-0.4, -0.2) is 32.3 Å². The Hall–Kier alpha value is -2.89. The average molecular weight is 341 g/mol. The van der Waals surface area contributed by atoms with Crippen LogP contribution in [0.5, 0.6) is 23.0 Å². The van der Waals surface area contributed by atoms with Gasteiger partial charge in [0.25, 0.3) is 5.91 Å². The molecule has 0 bridgehead atoms. The lowest BCUT2D eigenvalue weighted by Gasteiger charge is -2.21. The SMILES string of the molecule is C[C@H](NC(=O)c1ccc2c(c1)OCCO2)c1ccc2c(c1)OCCO2. The van der Waals surface area contributed by atoms with E-state index in [9.17, 15) is 4.79 Å². The molecule has 2 aliphatic heterocycles. The molecule has 0 aliphatic carbocycles. The summed E-state index contributed by atoms with van der Waals surface area (Å²) in [4.78, 5) is 12.5. The van der Waals surface area contributed by atoms with Crippen molar-refractivity contribution in [3.8, 4) is 23.0 Å². The molecule has 2 aliphatic rings. The molecule has 2 heterocycles. The Balaban J connectivity index is 1.48. The summed E-state index contributed by atoms with van der Waals surface area (Å²) < 4.78 is 22.1. The van der Waals surface area contributed by atoms with Gasteiger partial charge in [0.15, 0.2) is 23.0 Å². The summed E-state index contributed by atoms with van der Waals surface area (Å²) in [7, 11) is 0. The van der Waals surface area contributed by atoms with E-state index in [1.807, 2.05) is 25.1 Å². The van der Waals surface area contributed by atoms with E-state index in [4.69, 9.17) is 18.9 Å². The van der Waals surface area contributed by atoms with Crippen LogP contribution in [0.3, 0.4) is 0 Å². The molecule has 25 heavy (non-hydrogen) atoms. The van der Waals surface area contributed by atoms with E-state index in [0.717, 1.165) is 11.3 Å². The highest BCUT2D eigenvalue weighted by molar-refractivity contribution is 5.95. The summed E-state index contributed by atoms with van der Waals surface area (Å²) in [6.45, 7) is 4.05. The van der Waals surface area contributed by atoms with E-state index in [0.29, 0.717) is 49.2 Å². The first kappa shape index (κ1) is 15.6. The second-order valence-corrected chi connectivity index (χ2v) is 5.96. The normalized spacial score (nSPS) is 16.0. The second-order valence-electron chi connectivity index (χ2n) is 5.96. The third kappa shape index (κ3) is 3.20. The minimum absolute atomic E-state index is 0.167. The topological polar surface area (TPSA) is 66.0 Å². The molecule has 0 saturated carbocycles. The maximum atomic E-state index is 12.5. The number of ether oxygens (including phenoxy) is 4. The van der Waals surface area contributed by atoms with Gasteiger partial charge >= 0.3 is 0 Å². The number of nitrogens with one attached hydrogen (secondary N) is 1. The molecular formula is C19H19NO5. The third-order valence-electron chi connectivity index (χ3n) is 4.22. The Morgan fingerprint density at radius 2 is 1.40 bits per heavy atom. The lowest BCUT2D eigenvalue weighted by atomic mass is 10.1. The van der Waals surface area contributed by atoms with Gasteiger partial charge in [0, 0.05) is 5.56 Å². The number of hydrogen-bond donors (Lipinski definition) is 1. The van der Waals surface area contributed by atoms with Crippen LogP contribution in [0.1, 0.15) is 28.9 Å². The van der Waals surface area contributed by atoms with Gasteiger partial charge < -0.3 is 24.3 Å². The lowest BCUT2D eigenvalue weighted by molar-refractivity contribution is 0.0938. The van der Waals surface area contributed by atoms with Crippen LogP contribution >= 0.6 is 0 Å². The Morgan fingerprint density at radius 1 is 0.840 bits per heavy atom. The number of hydrogen-bond acceptors (Lipinski definition) is 5. The Morgan fingerprint density at radius 3 is 2.08 bits per heavy atom. The van der Waals surface area contributed by atoms with Gasteiger partial charge in [-0.2, -0.15) is 0 Å². The maximum absolute atomic E-state index is 12.5. The summed E-state index contributed by atoms with van der Waals surface area (Å²) in [6, 6.07) is 10.7. The summed E-state index contributed by atoms with van der Waals surface area (Å²) in [5.74, 6) is 2.55. The van der Waals surface area contributed by atoms with Crippen LogP contribution in [0.15, 0.2) is 36.4 Å². The van der Waals surface area contributed by atoms with Gasteiger partial charge in [-0.15, -0.1) is 0 Å². The fraction of sp³-hybridized carbons (Fsp3) is 0.316. The molecule has 0 saturated heterocycles. The molecule has 0 unspecified atom stereocenters. The highest BCUT2D eigenvalue weighted by Crippen LogP contribution is 2.33. The Kier molecular flexibility index (Phi) is 4.09. The molecule has 2 aromatic rings. The first-order valence-electron chi connectivity index (χ1n) is 8.31. The van der Waals surface area contributed by atoms with E-state index in [1.165, 1.54) is 0 Å². The zero-order chi connectivity index (χ0) is 17.2. The van der Waals surface area contributed by atoms with Crippen molar-refractivity contribution in [2.75, 3.05) is 26.4 Å². The molecule has 1 amide bonds. The molecule has 1 N–H and O–H groups in total. The molecule has 0 aromatic heterocycles. The summed E-state index contributed by atoms with van der Waals surface area (Å²) in [5.41, 5.74) is 1.49. The number of carbonyl (C=O) groups is 1. The number of carbonyl (C=O) groups excluding carboxylic acids is 1. The zero-order valence-electron chi connectivity index (χ0n) is 13.9. The smallest absolute Gasteiger partial charge is 0.251 e. The Labute approximate surface area is 145 Å². The summed E-state index contributed by atoms with van der Waals surface area (Å²) in [5, 5.41) is 2.99. The first-order valence-corrected chi connectivity index (χ1v) is 8.31. The van der Waals surface area contributed by atoms with Crippen LogP contribution < -0.4 is 24.3 Å². The van der Waals surface area contributed by atoms with E-state index in [1.54, 1.807) is 18.2 Å². The minimum atomic E-state index is -0.170. The summed E-state index contributed by atoms with van der Waals surface area (Å²) >= 11 is 0. The van der Waals surface area contributed by atoms with E-state index >= 15 is 0 Å².